The lowest BCUT2D eigenvalue weighted by Crippen LogP contribution is -2.39. The van der Waals surface area contributed by atoms with Crippen molar-refractivity contribution in [1.29, 1.82) is 0 Å². The molecular formula is C23H27F3N2O4. The number of ether oxygens (including phenoxy) is 2. The molecule has 2 aromatic carbocycles. The topological polar surface area (TPSA) is 67.9 Å². The molecule has 0 aliphatic heterocycles. The van der Waals surface area contributed by atoms with Crippen LogP contribution in [0.2, 0.25) is 0 Å². The highest BCUT2D eigenvalue weighted by molar-refractivity contribution is 5.84. The Morgan fingerprint density at radius 2 is 1.75 bits per heavy atom. The number of methoxy groups -OCH3 is 1. The number of aryl methyl sites for hydroxylation is 1. The van der Waals surface area contributed by atoms with E-state index in [9.17, 15) is 22.8 Å². The molecule has 6 nitrogen and oxygen atoms in total. The van der Waals surface area contributed by atoms with Gasteiger partial charge in [-0.1, -0.05) is 36.4 Å². The minimum Gasteiger partial charge on any atom is -0.493 e. The fourth-order valence-corrected chi connectivity index (χ4v) is 2.96. The third-order valence-electron chi connectivity index (χ3n) is 4.65. The Hall–Kier alpha value is -3.23. The summed E-state index contributed by atoms with van der Waals surface area (Å²) in [5.41, 5.74) is 1.70. The van der Waals surface area contributed by atoms with E-state index in [2.05, 4.69) is 5.32 Å². The van der Waals surface area contributed by atoms with Gasteiger partial charge < -0.3 is 19.7 Å². The van der Waals surface area contributed by atoms with Gasteiger partial charge in [0.25, 0.3) is 0 Å². The van der Waals surface area contributed by atoms with Gasteiger partial charge in [0.2, 0.25) is 11.8 Å². The normalized spacial score (nSPS) is 11.0. The van der Waals surface area contributed by atoms with Gasteiger partial charge in [-0.3, -0.25) is 9.59 Å². The van der Waals surface area contributed by atoms with Gasteiger partial charge in [-0.05, 0) is 36.6 Å². The highest BCUT2D eigenvalue weighted by Crippen LogP contribution is 2.30. The Morgan fingerprint density at radius 1 is 1.03 bits per heavy atom. The van der Waals surface area contributed by atoms with E-state index in [1.165, 1.54) is 19.2 Å². The lowest BCUT2D eigenvalue weighted by molar-refractivity contribution is -0.153. The third kappa shape index (κ3) is 8.49. The van der Waals surface area contributed by atoms with Crippen LogP contribution in [0.25, 0.3) is 0 Å². The average molecular weight is 452 g/mol. The van der Waals surface area contributed by atoms with E-state index >= 15 is 0 Å². The van der Waals surface area contributed by atoms with E-state index < -0.39 is 12.8 Å². The molecule has 32 heavy (non-hydrogen) atoms. The zero-order chi connectivity index (χ0) is 23.6. The van der Waals surface area contributed by atoms with Crippen molar-refractivity contribution in [3.63, 3.8) is 0 Å². The van der Waals surface area contributed by atoms with Crippen molar-refractivity contribution in [3.8, 4) is 11.5 Å². The number of benzene rings is 2. The molecule has 2 amide bonds. The molecule has 0 saturated heterocycles. The van der Waals surface area contributed by atoms with Crippen LogP contribution < -0.4 is 14.8 Å². The van der Waals surface area contributed by atoms with Crippen LogP contribution in [0.4, 0.5) is 13.2 Å². The number of nitrogens with one attached hydrogen (secondary N) is 1. The fourth-order valence-electron chi connectivity index (χ4n) is 2.96. The zero-order valence-corrected chi connectivity index (χ0v) is 18.1. The van der Waals surface area contributed by atoms with Gasteiger partial charge in [0.15, 0.2) is 18.1 Å². The Morgan fingerprint density at radius 3 is 2.38 bits per heavy atom. The second-order valence-corrected chi connectivity index (χ2v) is 7.06. The van der Waals surface area contributed by atoms with E-state index in [4.69, 9.17) is 9.47 Å². The Kier molecular flexibility index (Phi) is 9.37. The van der Waals surface area contributed by atoms with Crippen LogP contribution in [-0.4, -0.2) is 49.7 Å². The van der Waals surface area contributed by atoms with Gasteiger partial charge >= 0.3 is 6.18 Å². The SMILES string of the molecule is CCN(Cc1ccccc1)C(=O)CNC(=O)CCc1ccc(OCC(F)(F)F)c(OC)c1. The van der Waals surface area contributed by atoms with Crippen LogP contribution in [-0.2, 0) is 22.6 Å². The molecule has 0 fully saturated rings. The minimum atomic E-state index is -4.45. The number of hydrogen-bond donors (Lipinski definition) is 1. The van der Waals surface area contributed by atoms with Crippen molar-refractivity contribution in [2.24, 2.45) is 0 Å². The number of nitrogens with zero attached hydrogens (tertiary/aromatic N) is 1. The molecule has 1 N–H and O–H groups in total. The Labute approximate surface area is 185 Å². The molecule has 0 radical (unpaired) electrons. The molecule has 0 saturated carbocycles. The first-order chi connectivity index (χ1) is 15.2. The quantitative estimate of drug-likeness (QED) is 0.564. The maximum atomic E-state index is 12.4. The lowest BCUT2D eigenvalue weighted by Gasteiger charge is -2.21. The van der Waals surface area contributed by atoms with Gasteiger partial charge in [-0.2, -0.15) is 13.2 Å². The van der Waals surface area contributed by atoms with Crippen molar-refractivity contribution in [1.82, 2.24) is 10.2 Å². The molecule has 0 spiro atoms. The van der Waals surface area contributed by atoms with Crippen LogP contribution in [0.3, 0.4) is 0 Å². The molecule has 2 rings (SSSR count). The number of hydrogen-bond acceptors (Lipinski definition) is 4. The number of carbonyl (C=O) groups excluding carboxylic acids is 2. The highest BCUT2D eigenvalue weighted by Gasteiger charge is 2.29. The lowest BCUT2D eigenvalue weighted by atomic mass is 10.1. The summed E-state index contributed by atoms with van der Waals surface area (Å²) >= 11 is 0. The summed E-state index contributed by atoms with van der Waals surface area (Å²) in [6, 6.07) is 14.1. The molecular weight excluding hydrogens is 425 g/mol. The second kappa shape index (κ2) is 12.0. The molecule has 0 atom stereocenters. The summed E-state index contributed by atoms with van der Waals surface area (Å²) in [4.78, 5) is 26.2. The summed E-state index contributed by atoms with van der Waals surface area (Å²) in [7, 11) is 1.33. The molecule has 0 aliphatic carbocycles. The van der Waals surface area contributed by atoms with E-state index in [1.807, 2.05) is 37.3 Å². The summed E-state index contributed by atoms with van der Waals surface area (Å²) in [6.07, 6.45) is -4.00. The largest absolute Gasteiger partial charge is 0.493 e. The van der Waals surface area contributed by atoms with Crippen molar-refractivity contribution in [2.75, 3.05) is 26.8 Å². The molecule has 0 aliphatic rings. The standard InChI is InChI=1S/C23H27F3N2O4/c1-3-28(15-18-7-5-4-6-8-18)22(30)14-27-21(29)12-10-17-9-11-19(20(13-17)31-2)32-16-23(24,25)26/h4-9,11,13H,3,10,12,14-16H2,1-2H3,(H,27,29). The summed E-state index contributed by atoms with van der Waals surface area (Å²) < 4.78 is 46.8. The van der Waals surface area contributed by atoms with Crippen LogP contribution in [0.5, 0.6) is 11.5 Å². The van der Waals surface area contributed by atoms with Gasteiger partial charge in [0, 0.05) is 19.5 Å². The van der Waals surface area contributed by atoms with E-state index in [0.717, 1.165) is 5.56 Å². The molecule has 0 heterocycles. The van der Waals surface area contributed by atoms with E-state index in [-0.39, 0.29) is 36.3 Å². The average Bonchev–Trinajstić information content (AvgIpc) is 2.78. The van der Waals surface area contributed by atoms with Gasteiger partial charge in [0.1, 0.15) is 0 Å². The first-order valence-corrected chi connectivity index (χ1v) is 10.2. The van der Waals surface area contributed by atoms with Crippen molar-refractivity contribution in [3.05, 3.63) is 59.7 Å². The van der Waals surface area contributed by atoms with Crippen LogP contribution >= 0.6 is 0 Å². The summed E-state index contributed by atoms with van der Waals surface area (Å²) in [6.45, 7) is 1.34. The van der Waals surface area contributed by atoms with Crippen molar-refractivity contribution in [2.45, 2.75) is 32.5 Å². The molecule has 0 bridgehead atoms. The third-order valence-corrected chi connectivity index (χ3v) is 4.65. The van der Waals surface area contributed by atoms with Crippen molar-refractivity contribution >= 4 is 11.8 Å². The molecule has 9 heteroatoms. The molecule has 174 valence electrons. The zero-order valence-electron chi connectivity index (χ0n) is 18.1. The first kappa shape index (κ1) is 25.0. The fraction of sp³-hybridized carbons (Fsp3) is 0.391. The smallest absolute Gasteiger partial charge is 0.422 e. The number of rotatable bonds is 11. The van der Waals surface area contributed by atoms with Crippen LogP contribution in [0.15, 0.2) is 48.5 Å². The molecule has 0 aromatic heterocycles. The van der Waals surface area contributed by atoms with Crippen LogP contribution in [0, 0.1) is 0 Å². The number of amides is 2. The molecule has 0 unspecified atom stereocenters. The van der Waals surface area contributed by atoms with Gasteiger partial charge in [0.05, 0.1) is 13.7 Å². The van der Waals surface area contributed by atoms with Gasteiger partial charge in [-0.25, -0.2) is 0 Å². The summed E-state index contributed by atoms with van der Waals surface area (Å²) in [5, 5.41) is 2.62. The van der Waals surface area contributed by atoms with E-state index in [1.54, 1.807) is 11.0 Å². The first-order valence-electron chi connectivity index (χ1n) is 10.2. The predicted octanol–water partition coefficient (Wildman–Crippen LogP) is 3.73. The van der Waals surface area contributed by atoms with Gasteiger partial charge in [-0.15, -0.1) is 0 Å². The number of alkyl halides is 3. The number of halogens is 3. The number of carbonyl (C=O) groups is 2. The molecule has 2 aromatic rings. The predicted molar refractivity (Wildman–Crippen MR) is 113 cm³/mol. The van der Waals surface area contributed by atoms with E-state index in [0.29, 0.717) is 25.1 Å². The maximum absolute atomic E-state index is 12.4. The Balaban J connectivity index is 1.82. The maximum Gasteiger partial charge on any atom is 0.422 e. The van der Waals surface area contributed by atoms with Crippen LogP contribution in [0.1, 0.15) is 24.5 Å². The Bertz CT molecular complexity index is 889. The summed E-state index contributed by atoms with van der Waals surface area (Å²) in [5.74, 6) is -0.355. The monoisotopic (exact) mass is 452 g/mol. The highest BCUT2D eigenvalue weighted by atomic mass is 19.4. The number of likely N-dealkylation sites (N-methyl/N-ethyl adjacent to an activating group) is 1. The minimum absolute atomic E-state index is 0.0262. The van der Waals surface area contributed by atoms with Crippen molar-refractivity contribution < 1.29 is 32.2 Å². The second-order valence-electron chi connectivity index (χ2n) is 7.06.